The quantitative estimate of drug-likeness (QED) is 0.856. The van der Waals surface area contributed by atoms with Gasteiger partial charge in [-0.05, 0) is 40.5 Å². The lowest BCUT2D eigenvalue weighted by Gasteiger charge is -2.11. The van der Waals surface area contributed by atoms with Crippen LogP contribution in [-0.2, 0) is 4.79 Å². The molecule has 1 aromatic carbocycles. The zero-order chi connectivity index (χ0) is 13.8. The molecule has 98 valence electrons. The smallest absolute Gasteiger partial charge is 0.248 e. The van der Waals surface area contributed by atoms with Crippen LogP contribution in [0.3, 0.4) is 0 Å². The number of amides is 1. The Kier molecular flexibility index (Phi) is 4.56. The number of aryl methyl sites for hydroxylation is 1. The van der Waals surface area contributed by atoms with Crippen LogP contribution in [0.15, 0.2) is 46.9 Å². The number of nitrogens with zero attached hydrogens (tertiary/aromatic N) is 1. The first-order valence-corrected chi connectivity index (χ1v) is 6.94. The van der Waals surface area contributed by atoms with E-state index in [4.69, 9.17) is 11.6 Å². The van der Waals surface area contributed by atoms with Crippen LogP contribution < -0.4 is 5.32 Å². The number of pyridine rings is 1. The molecule has 1 heterocycles. The van der Waals surface area contributed by atoms with E-state index in [2.05, 4.69) is 26.2 Å². The summed E-state index contributed by atoms with van der Waals surface area (Å²) in [6.45, 7) is 1.86. The molecule has 0 radical (unpaired) electrons. The van der Waals surface area contributed by atoms with E-state index in [-0.39, 0.29) is 5.91 Å². The molecule has 1 atom stereocenters. The van der Waals surface area contributed by atoms with Crippen LogP contribution in [0.25, 0.3) is 0 Å². The monoisotopic (exact) mass is 338 g/mol. The minimum Gasteiger partial charge on any atom is -0.309 e. The number of aromatic nitrogens is 1. The van der Waals surface area contributed by atoms with Crippen LogP contribution in [0.4, 0.5) is 5.82 Å². The number of carbonyl (C=O) groups is 1. The van der Waals surface area contributed by atoms with Crippen LogP contribution in [0.2, 0.25) is 0 Å². The molecular formula is C14H12BrClN2O. The average molecular weight is 340 g/mol. The summed E-state index contributed by atoms with van der Waals surface area (Å²) in [5.74, 6) is 0.203. The highest BCUT2D eigenvalue weighted by Gasteiger charge is 2.17. The summed E-state index contributed by atoms with van der Waals surface area (Å²) >= 11 is 9.49. The van der Waals surface area contributed by atoms with Crippen LogP contribution >= 0.6 is 27.5 Å². The number of carbonyl (C=O) groups excluding carboxylic acids is 1. The van der Waals surface area contributed by atoms with Crippen molar-refractivity contribution in [2.24, 2.45) is 0 Å². The number of benzene rings is 1. The highest BCUT2D eigenvalue weighted by atomic mass is 79.9. The van der Waals surface area contributed by atoms with E-state index in [9.17, 15) is 4.79 Å². The highest BCUT2D eigenvalue weighted by molar-refractivity contribution is 9.10. The Hall–Kier alpha value is -1.39. The van der Waals surface area contributed by atoms with Gasteiger partial charge in [-0.2, -0.15) is 0 Å². The topological polar surface area (TPSA) is 42.0 Å². The van der Waals surface area contributed by atoms with E-state index in [1.165, 1.54) is 0 Å². The molecule has 0 fully saturated rings. The summed E-state index contributed by atoms with van der Waals surface area (Å²) in [7, 11) is 0. The molecule has 1 aromatic heterocycles. The molecule has 1 N–H and O–H groups in total. The fourth-order valence-corrected chi connectivity index (χ4v) is 2.00. The van der Waals surface area contributed by atoms with Crippen molar-refractivity contribution in [1.82, 2.24) is 4.98 Å². The van der Waals surface area contributed by atoms with E-state index in [1.54, 1.807) is 6.07 Å². The summed E-state index contributed by atoms with van der Waals surface area (Å²) in [4.78, 5) is 16.3. The molecule has 0 aliphatic carbocycles. The van der Waals surface area contributed by atoms with E-state index < -0.39 is 5.38 Å². The first-order valence-electron chi connectivity index (χ1n) is 5.71. The van der Waals surface area contributed by atoms with Gasteiger partial charge in [0, 0.05) is 4.47 Å². The zero-order valence-electron chi connectivity index (χ0n) is 10.2. The Balaban J connectivity index is 2.10. The van der Waals surface area contributed by atoms with Crippen molar-refractivity contribution in [3.63, 3.8) is 0 Å². The average Bonchev–Trinajstić information content (AvgIpc) is 2.43. The van der Waals surface area contributed by atoms with Gasteiger partial charge in [0.25, 0.3) is 0 Å². The van der Waals surface area contributed by atoms with Crippen molar-refractivity contribution in [2.45, 2.75) is 12.3 Å². The molecule has 0 spiro atoms. The summed E-state index contributed by atoms with van der Waals surface area (Å²) in [6.07, 6.45) is 0. The molecule has 2 rings (SSSR count). The molecule has 0 saturated heterocycles. The number of hydrogen-bond donors (Lipinski definition) is 1. The second-order valence-corrected chi connectivity index (χ2v) is 5.32. The summed E-state index contributed by atoms with van der Waals surface area (Å²) < 4.78 is 0.899. The van der Waals surface area contributed by atoms with Gasteiger partial charge in [-0.3, -0.25) is 4.79 Å². The van der Waals surface area contributed by atoms with Gasteiger partial charge in [0.15, 0.2) is 0 Å². The Morgan fingerprint density at radius 2 is 1.95 bits per heavy atom. The molecule has 5 heteroatoms. The Morgan fingerprint density at radius 1 is 1.26 bits per heavy atom. The molecule has 0 saturated carbocycles. The molecule has 19 heavy (non-hydrogen) atoms. The highest BCUT2D eigenvalue weighted by Crippen LogP contribution is 2.22. The maximum Gasteiger partial charge on any atom is 0.248 e. The predicted molar refractivity (Wildman–Crippen MR) is 80.3 cm³/mol. The molecule has 0 aliphatic rings. The summed E-state index contributed by atoms with van der Waals surface area (Å²) in [5, 5.41) is 1.98. The molecule has 1 unspecified atom stereocenters. The number of hydrogen-bond acceptors (Lipinski definition) is 2. The van der Waals surface area contributed by atoms with Gasteiger partial charge in [0.05, 0.1) is 5.69 Å². The van der Waals surface area contributed by atoms with Crippen molar-refractivity contribution >= 4 is 39.3 Å². The van der Waals surface area contributed by atoms with Gasteiger partial charge in [-0.15, -0.1) is 11.6 Å². The first kappa shape index (κ1) is 14.0. The standard InChI is InChI=1S/C14H12BrClN2O/c1-9-11(15)7-8-12(17-9)18-14(19)13(16)10-5-3-2-4-6-10/h2-8,13H,1H3,(H,17,18,19). The summed E-state index contributed by atoms with van der Waals surface area (Å²) in [5.41, 5.74) is 1.57. The second-order valence-electron chi connectivity index (χ2n) is 4.03. The molecule has 1 amide bonds. The number of halogens is 2. The first-order chi connectivity index (χ1) is 9.08. The third kappa shape index (κ3) is 3.55. The maximum atomic E-state index is 12.0. The lowest BCUT2D eigenvalue weighted by Crippen LogP contribution is -2.18. The zero-order valence-corrected chi connectivity index (χ0v) is 12.6. The van der Waals surface area contributed by atoms with E-state index in [1.807, 2.05) is 43.3 Å². The van der Waals surface area contributed by atoms with Crippen LogP contribution in [0.5, 0.6) is 0 Å². The Morgan fingerprint density at radius 3 is 2.58 bits per heavy atom. The van der Waals surface area contributed by atoms with Gasteiger partial charge in [0.2, 0.25) is 5.91 Å². The number of anilines is 1. The minimum absolute atomic E-state index is 0.290. The molecule has 0 aliphatic heterocycles. The van der Waals surface area contributed by atoms with E-state index in [0.717, 1.165) is 15.7 Å². The predicted octanol–water partition coefficient (Wildman–Crippen LogP) is 4.07. The van der Waals surface area contributed by atoms with Gasteiger partial charge in [-0.1, -0.05) is 30.3 Å². The SMILES string of the molecule is Cc1nc(NC(=O)C(Cl)c2ccccc2)ccc1Br. The van der Waals surface area contributed by atoms with Gasteiger partial charge < -0.3 is 5.32 Å². The van der Waals surface area contributed by atoms with Crippen molar-refractivity contribution in [1.29, 1.82) is 0 Å². The minimum atomic E-state index is -0.730. The normalized spacial score (nSPS) is 11.9. The van der Waals surface area contributed by atoms with Crippen molar-refractivity contribution < 1.29 is 4.79 Å². The van der Waals surface area contributed by atoms with Gasteiger partial charge in [-0.25, -0.2) is 4.98 Å². The van der Waals surface area contributed by atoms with Crippen molar-refractivity contribution in [2.75, 3.05) is 5.32 Å². The molecule has 2 aromatic rings. The Labute approximate surface area is 125 Å². The number of alkyl halides is 1. The lowest BCUT2D eigenvalue weighted by molar-refractivity contribution is -0.116. The second kappa shape index (κ2) is 6.17. The number of rotatable bonds is 3. The van der Waals surface area contributed by atoms with Crippen LogP contribution in [0.1, 0.15) is 16.6 Å². The largest absolute Gasteiger partial charge is 0.309 e. The number of nitrogens with one attached hydrogen (secondary N) is 1. The van der Waals surface area contributed by atoms with E-state index in [0.29, 0.717) is 5.82 Å². The van der Waals surface area contributed by atoms with Crippen molar-refractivity contribution in [3.8, 4) is 0 Å². The van der Waals surface area contributed by atoms with Gasteiger partial charge in [0.1, 0.15) is 11.2 Å². The molecule has 3 nitrogen and oxygen atoms in total. The lowest BCUT2D eigenvalue weighted by atomic mass is 10.1. The third-order valence-corrected chi connectivity index (χ3v) is 3.88. The maximum absolute atomic E-state index is 12.0. The molecular weight excluding hydrogens is 328 g/mol. The Bertz CT molecular complexity index is 589. The van der Waals surface area contributed by atoms with Crippen molar-refractivity contribution in [3.05, 3.63) is 58.2 Å². The molecule has 0 bridgehead atoms. The summed E-state index contributed by atoms with van der Waals surface area (Å²) in [6, 6.07) is 12.8. The third-order valence-electron chi connectivity index (χ3n) is 2.60. The van der Waals surface area contributed by atoms with Crippen LogP contribution in [-0.4, -0.2) is 10.9 Å². The van der Waals surface area contributed by atoms with E-state index >= 15 is 0 Å². The van der Waals surface area contributed by atoms with Gasteiger partial charge >= 0.3 is 0 Å². The van der Waals surface area contributed by atoms with Crippen LogP contribution in [0, 0.1) is 6.92 Å². The fraction of sp³-hybridized carbons (Fsp3) is 0.143. The fourth-order valence-electron chi connectivity index (χ4n) is 1.58.